The van der Waals surface area contributed by atoms with Crippen molar-refractivity contribution in [3.8, 4) is 5.75 Å². The lowest BCUT2D eigenvalue weighted by molar-refractivity contribution is -0.384. The number of aryl methyl sites for hydroxylation is 2. The first-order valence-electron chi connectivity index (χ1n) is 6.22. The number of halogens is 2. The minimum atomic E-state index is -0.487. The van der Waals surface area contributed by atoms with Crippen molar-refractivity contribution in [3.63, 3.8) is 0 Å². The zero-order chi connectivity index (χ0) is 15.6. The maximum Gasteiger partial charge on any atom is 0.273 e. The first-order valence-corrected chi connectivity index (χ1v) is 7.39. The Morgan fingerprint density at radius 1 is 1.52 bits per heavy atom. The predicted molar refractivity (Wildman–Crippen MR) is 82.8 cm³/mol. The first-order chi connectivity index (χ1) is 9.93. The fourth-order valence-corrected chi connectivity index (χ4v) is 2.44. The molecular formula is C13H13BrClN3O3. The van der Waals surface area contributed by atoms with Crippen molar-refractivity contribution in [1.82, 2.24) is 9.78 Å². The highest BCUT2D eigenvalue weighted by Gasteiger charge is 2.15. The molecular weight excluding hydrogens is 362 g/mol. The van der Waals surface area contributed by atoms with Crippen molar-refractivity contribution >= 4 is 33.2 Å². The van der Waals surface area contributed by atoms with E-state index in [1.54, 1.807) is 0 Å². The van der Waals surface area contributed by atoms with Gasteiger partial charge in [0.25, 0.3) is 5.69 Å². The van der Waals surface area contributed by atoms with Crippen LogP contribution in [0.4, 0.5) is 5.69 Å². The summed E-state index contributed by atoms with van der Waals surface area (Å²) < 4.78 is 8.30. The number of hydrogen-bond acceptors (Lipinski definition) is 4. The van der Waals surface area contributed by atoms with Crippen LogP contribution in [0.3, 0.4) is 0 Å². The molecule has 2 rings (SSSR count). The average molecular weight is 375 g/mol. The first kappa shape index (κ1) is 15.8. The Morgan fingerprint density at radius 2 is 2.24 bits per heavy atom. The number of rotatable bonds is 5. The smallest absolute Gasteiger partial charge is 0.273 e. The third kappa shape index (κ3) is 3.36. The molecule has 0 spiro atoms. The molecule has 6 nitrogen and oxygen atoms in total. The lowest BCUT2D eigenvalue weighted by Crippen LogP contribution is -2.07. The SMILES string of the molecule is CCn1nc(C)c(Br)c1COc1cc([N+](=O)[O-])ccc1Cl. The monoisotopic (exact) mass is 373 g/mol. The highest BCUT2D eigenvalue weighted by Crippen LogP contribution is 2.30. The number of nitro groups is 1. The molecule has 1 heterocycles. The van der Waals surface area contributed by atoms with E-state index in [-0.39, 0.29) is 18.0 Å². The quantitative estimate of drug-likeness (QED) is 0.583. The third-order valence-electron chi connectivity index (χ3n) is 2.94. The van der Waals surface area contributed by atoms with Gasteiger partial charge in [-0.25, -0.2) is 0 Å². The fraction of sp³-hybridized carbons (Fsp3) is 0.308. The van der Waals surface area contributed by atoms with Gasteiger partial charge in [0.1, 0.15) is 12.4 Å². The molecule has 0 aliphatic carbocycles. The van der Waals surface area contributed by atoms with Gasteiger partial charge in [-0.05, 0) is 35.8 Å². The van der Waals surface area contributed by atoms with Crippen molar-refractivity contribution in [3.05, 3.63) is 49.2 Å². The summed E-state index contributed by atoms with van der Waals surface area (Å²) in [4.78, 5) is 10.3. The summed E-state index contributed by atoms with van der Waals surface area (Å²) in [6.07, 6.45) is 0. The molecule has 0 aliphatic heterocycles. The third-order valence-corrected chi connectivity index (χ3v) is 4.29. The minimum absolute atomic E-state index is 0.0614. The molecule has 112 valence electrons. The molecule has 0 saturated heterocycles. The number of aromatic nitrogens is 2. The van der Waals surface area contributed by atoms with Gasteiger partial charge in [0, 0.05) is 12.6 Å². The van der Waals surface area contributed by atoms with Gasteiger partial charge >= 0.3 is 0 Å². The van der Waals surface area contributed by atoms with Gasteiger partial charge in [-0.15, -0.1) is 0 Å². The Labute approximate surface area is 134 Å². The second-order valence-corrected chi connectivity index (χ2v) is 5.52. The molecule has 0 amide bonds. The summed E-state index contributed by atoms with van der Waals surface area (Å²) in [7, 11) is 0. The molecule has 21 heavy (non-hydrogen) atoms. The lowest BCUT2D eigenvalue weighted by atomic mass is 10.3. The summed E-state index contributed by atoms with van der Waals surface area (Å²) in [5, 5.41) is 15.5. The average Bonchev–Trinajstić information content (AvgIpc) is 2.73. The number of nitrogens with zero attached hydrogens (tertiary/aromatic N) is 3. The molecule has 0 radical (unpaired) electrons. The molecule has 8 heteroatoms. The number of ether oxygens (including phenoxy) is 1. The Hall–Kier alpha value is -1.60. The lowest BCUT2D eigenvalue weighted by Gasteiger charge is -2.09. The highest BCUT2D eigenvalue weighted by atomic mass is 79.9. The van der Waals surface area contributed by atoms with Crippen LogP contribution in [0.15, 0.2) is 22.7 Å². The number of non-ortho nitro benzene ring substituents is 1. The minimum Gasteiger partial charge on any atom is -0.485 e. The highest BCUT2D eigenvalue weighted by molar-refractivity contribution is 9.10. The van der Waals surface area contributed by atoms with Gasteiger partial charge in [0.05, 0.1) is 31.9 Å². The Bertz CT molecular complexity index is 688. The van der Waals surface area contributed by atoms with E-state index in [1.807, 2.05) is 18.5 Å². The van der Waals surface area contributed by atoms with Crippen LogP contribution in [-0.4, -0.2) is 14.7 Å². The van der Waals surface area contributed by atoms with E-state index in [4.69, 9.17) is 16.3 Å². The second-order valence-electron chi connectivity index (χ2n) is 4.32. The van der Waals surface area contributed by atoms with Crippen molar-refractivity contribution in [1.29, 1.82) is 0 Å². The van der Waals surface area contributed by atoms with Gasteiger partial charge in [-0.3, -0.25) is 14.8 Å². The van der Waals surface area contributed by atoms with Crippen molar-refractivity contribution in [2.75, 3.05) is 0 Å². The number of hydrogen-bond donors (Lipinski definition) is 0. The molecule has 0 unspecified atom stereocenters. The van der Waals surface area contributed by atoms with Crippen LogP contribution in [0.5, 0.6) is 5.75 Å². The number of nitro benzene ring substituents is 1. The van der Waals surface area contributed by atoms with Crippen LogP contribution in [0.25, 0.3) is 0 Å². The van der Waals surface area contributed by atoms with Crippen LogP contribution in [0.1, 0.15) is 18.3 Å². The summed E-state index contributed by atoms with van der Waals surface area (Å²) in [6, 6.07) is 4.10. The Morgan fingerprint density at radius 3 is 2.86 bits per heavy atom. The predicted octanol–water partition coefficient (Wildman–Crippen LogP) is 4.11. The standard InChI is InChI=1S/C13H13BrClN3O3/c1-3-17-11(13(14)8(2)16-17)7-21-12-6-9(18(19)20)4-5-10(12)15/h4-6H,3,7H2,1-2H3. The summed E-state index contributed by atoms with van der Waals surface area (Å²) in [5.41, 5.74) is 1.66. The molecule has 2 aromatic rings. The van der Waals surface area contributed by atoms with E-state index in [2.05, 4.69) is 21.0 Å². The van der Waals surface area contributed by atoms with Gasteiger partial charge in [-0.2, -0.15) is 5.10 Å². The molecule has 1 aromatic heterocycles. The zero-order valence-electron chi connectivity index (χ0n) is 11.5. The van der Waals surface area contributed by atoms with E-state index >= 15 is 0 Å². The van der Waals surface area contributed by atoms with Gasteiger partial charge < -0.3 is 4.74 Å². The topological polar surface area (TPSA) is 70.2 Å². The van der Waals surface area contributed by atoms with E-state index in [9.17, 15) is 10.1 Å². The van der Waals surface area contributed by atoms with E-state index in [0.29, 0.717) is 11.6 Å². The van der Waals surface area contributed by atoms with Crippen molar-refractivity contribution < 1.29 is 9.66 Å². The number of benzene rings is 1. The summed E-state index contributed by atoms with van der Waals surface area (Å²) in [5.74, 6) is 0.277. The molecule has 0 saturated carbocycles. The van der Waals surface area contributed by atoms with Gasteiger partial charge in [0.15, 0.2) is 0 Å². The summed E-state index contributed by atoms with van der Waals surface area (Å²) >= 11 is 9.47. The van der Waals surface area contributed by atoms with Crippen molar-refractivity contribution in [2.24, 2.45) is 0 Å². The largest absolute Gasteiger partial charge is 0.485 e. The van der Waals surface area contributed by atoms with Gasteiger partial charge in [-0.1, -0.05) is 11.6 Å². The van der Waals surface area contributed by atoms with E-state index in [0.717, 1.165) is 15.9 Å². The maximum absolute atomic E-state index is 10.8. The molecule has 0 atom stereocenters. The van der Waals surface area contributed by atoms with Crippen molar-refractivity contribution in [2.45, 2.75) is 27.0 Å². The molecule has 1 aromatic carbocycles. The van der Waals surface area contributed by atoms with Crippen LogP contribution < -0.4 is 4.74 Å². The van der Waals surface area contributed by atoms with Gasteiger partial charge in [0.2, 0.25) is 0 Å². The summed E-state index contributed by atoms with van der Waals surface area (Å²) in [6.45, 7) is 4.78. The fourth-order valence-electron chi connectivity index (χ4n) is 1.87. The second kappa shape index (κ2) is 6.44. The normalized spacial score (nSPS) is 10.7. The van der Waals surface area contributed by atoms with Crippen LogP contribution >= 0.6 is 27.5 Å². The van der Waals surface area contributed by atoms with E-state index < -0.39 is 4.92 Å². The molecule has 0 bridgehead atoms. The van der Waals surface area contributed by atoms with Crippen LogP contribution in [0.2, 0.25) is 5.02 Å². The molecule has 0 N–H and O–H groups in total. The van der Waals surface area contributed by atoms with Crippen LogP contribution in [0, 0.1) is 17.0 Å². The van der Waals surface area contributed by atoms with Crippen LogP contribution in [-0.2, 0) is 13.2 Å². The Balaban J connectivity index is 2.24. The molecule has 0 fully saturated rings. The van der Waals surface area contributed by atoms with E-state index in [1.165, 1.54) is 18.2 Å². The Kier molecular flexibility index (Phi) is 4.84. The zero-order valence-corrected chi connectivity index (χ0v) is 13.8. The maximum atomic E-state index is 10.8. The molecule has 0 aliphatic rings.